The first kappa shape index (κ1) is 13.7. The van der Waals surface area contributed by atoms with Crippen LogP contribution in [0.25, 0.3) is 0 Å². The van der Waals surface area contributed by atoms with Gasteiger partial charge in [0.2, 0.25) is 0 Å². The van der Waals surface area contributed by atoms with E-state index in [1.807, 2.05) is 30.3 Å². The summed E-state index contributed by atoms with van der Waals surface area (Å²) in [7, 11) is 0. The van der Waals surface area contributed by atoms with Gasteiger partial charge in [0.1, 0.15) is 12.4 Å². The first-order valence-corrected chi connectivity index (χ1v) is 7.12. The van der Waals surface area contributed by atoms with Crippen molar-refractivity contribution in [3.05, 3.63) is 50.1 Å². The van der Waals surface area contributed by atoms with Gasteiger partial charge in [-0.2, -0.15) is 0 Å². The van der Waals surface area contributed by atoms with Crippen molar-refractivity contribution in [3.8, 4) is 5.75 Å². The van der Waals surface area contributed by atoms with Crippen molar-refractivity contribution < 1.29 is 4.74 Å². The highest BCUT2D eigenvalue weighted by Crippen LogP contribution is 2.28. The second-order valence-corrected chi connectivity index (χ2v) is 5.96. The lowest BCUT2D eigenvalue weighted by atomic mass is 10.1. The highest BCUT2D eigenvalue weighted by Gasteiger charge is 2.08. The van der Waals surface area contributed by atoms with Crippen molar-refractivity contribution >= 4 is 34.5 Å². The maximum Gasteiger partial charge on any atom is 0.124 e. The summed E-state index contributed by atoms with van der Waals surface area (Å²) in [4.78, 5) is 1.08. The predicted octanol–water partition coefficient (Wildman–Crippen LogP) is 4.14. The summed E-state index contributed by atoms with van der Waals surface area (Å²) in [6.07, 6.45) is 0.709. The van der Waals surface area contributed by atoms with Gasteiger partial charge in [-0.05, 0) is 37.2 Å². The Hall–Kier alpha value is -0.740. The minimum absolute atomic E-state index is 0.495. The number of rotatable bonds is 5. The van der Waals surface area contributed by atoms with Crippen LogP contribution in [-0.4, -0.2) is 6.54 Å². The van der Waals surface area contributed by atoms with Crippen LogP contribution in [0.5, 0.6) is 5.75 Å². The van der Waals surface area contributed by atoms with E-state index in [2.05, 4.69) is 0 Å². The van der Waals surface area contributed by atoms with E-state index in [1.165, 1.54) is 11.3 Å². The van der Waals surface area contributed by atoms with Gasteiger partial charge >= 0.3 is 0 Å². The van der Waals surface area contributed by atoms with Crippen LogP contribution in [-0.2, 0) is 13.0 Å². The van der Waals surface area contributed by atoms with Gasteiger partial charge in [0.25, 0.3) is 0 Å². The molecule has 2 aromatic rings. The molecule has 0 aliphatic rings. The molecule has 0 saturated carbocycles. The molecule has 1 heterocycles. The fourth-order valence-electron chi connectivity index (χ4n) is 1.64. The second kappa shape index (κ2) is 6.43. The zero-order chi connectivity index (χ0) is 13.0. The number of thiophene rings is 1. The molecule has 1 aromatic heterocycles. The van der Waals surface area contributed by atoms with Crippen LogP contribution in [0.2, 0.25) is 9.36 Å². The molecule has 0 aliphatic heterocycles. The van der Waals surface area contributed by atoms with Crippen LogP contribution in [0.15, 0.2) is 30.3 Å². The highest BCUT2D eigenvalue weighted by molar-refractivity contribution is 7.16. The van der Waals surface area contributed by atoms with Crippen molar-refractivity contribution in [2.24, 2.45) is 5.73 Å². The molecule has 2 N–H and O–H groups in total. The SMILES string of the molecule is NCCc1c(Cl)cccc1OCc1ccc(Cl)s1. The van der Waals surface area contributed by atoms with Gasteiger partial charge in [0.15, 0.2) is 0 Å². The van der Waals surface area contributed by atoms with Crippen molar-refractivity contribution in [1.82, 2.24) is 0 Å². The van der Waals surface area contributed by atoms with E-state index < -0.39 is 0 Å². The third kappa shape index (κ3) is 3.39. The Balaban J connectivity index is 2.11. The van der Waals surface area contributed by atoms with E-state index in [0.717, 1.165) is 20.5 Å². The smallest absolute Gasteiger partial charge is 0.124 e. The molecule has 0 bridgehead atoms. The van der Waals surface area contributed by atoms with Crippen molar-refractivity contribution in [2.45, 2.75) is 13.0 Å². The quantitative estimate of drug-likeness (QED) is 0.901. The molecule has 0 spiro atoms. The lowest BCUT2D eigenvalue weighted by Gasteiger charge is -2.11. The fourth-order valence-corrected chi connectivity index (χ4v) is 2.90. The Morgan fingerprint density at radius 3 is 2.67 bits per heavy atom. The maximum absolute atomic E-state index is 6.14. The van der Waals surface area contributed by atoms with Gasteiger partial charge in [-0.1, -0.05) is 29.3 Å². The zero-order valence-corrected chi connectivity index (χ0v) is 12.0. The third-order valence-electron chi connectivity index (χ3n) is 2.47. The summed E-state index contributed by atoms with van der Waals surface area (Å²) >= 11 is 13.5. The number of halogens is 2. The normalized spacial score (nSPS) is 10.6. The summed E-state index contributed by atoms with van der Waals surface area (Å²) in [5.74, 6) is 0.789. The van der Waals surface area contributed by atoms with Crippen LogP contribution in [0.4, 0.5) is 0 Å². The Kier molecular flexibility index (Phi) is 4.89. The molecule has 96 valence electrons. The molecule has 0 atom stereocenters. The number of nitrogens with two attached hydrogens (primary N) is 1. The first-order chi connectivity index (χ1) is 8.70. The van der Waals surface area contributed by atoms with Gasteiger partial charge < -0.3 is 10.5 Å². The standard InChI is InChI=1S/C13H13Cl2NOS/c14-11-2-1-3-12(10(11)6-7-16)17-8-9-4-5-13(15)18-9/h1-5H,6-8,16H2. The second-order valence-electron chi connectivity index (χ2n) is 3.75. The highest BCUT2D eigenvalue weighted by atomic mass is 35.5. The molecule has 0 unspecified atom stereocenters. The summed E-state index contributed by atoms with van der Waals surface area (Å²) in [5, 5.41) is 0.696. The average molecular weight is 302 g/mol. The lowest BCUT2D eigenvalue weighted by Crippen LogP contribution is -2.05. The molecule has 0 radical (unpaired) electrons. The number of hydrogen-bond donors (Lipinski definition) is 1. The molecule has 0 aliphatic carbocycles. The predicted molar refractivity (Wildman–Crippen MR) is 77.9 cm³/mol. The van der Waals surface area contributed by atoms with E-state index >= 15 is 0 Å². The molecule has 0 amide bonds. The van der Waals surface area contributed by atoms with Crippen molar-refractivity contribution in [3.63, 3.8) is 0 Å². The van der Waals surface area contributed by atoms with E-state index in [1.54, 1.807) is 0 Å². The van der Waals surface area contributed by atoms with E-state index in [0.29, 0.717) is 24.6 Å². The van der Waals surface area contributed by atoms with Crippen LogP contribution >= 0.6 is 34.5 Å². The summed E-state index contributed by atoms with van der Waals surface area (Å²) < 4.78 is 6.55. The lowest BCUT2D eigenvalue weighted by molar-refractivity contribution is 0.306. The van der Waals surface area contributed by atoms with Crippen molar-refractivity contribution in [2.75, 3.05) is 6.54 Å². The Labute approximate surface area is 120 Å². The zero-order valence-electron chi connectivity index (χ0n) is 9.66. The van der Waals surface area contributed by atoms with Crippen LogP contribution < -0.4 is 10.5 Å². The van der Waals surface area contributed by atoms with E-state index in [-0.39, 0.29) is 0 Å². The van der Waals surface area contributed by atoms with Gasteiger partial charge in [-0.25, -0.2) is 0 Å². The largest absolute Gasteiger partial charge is 0.488 e. The van der Waals surface area contributed by atoms with Gasteiger partial charge in [-0.15, -0.1) is 11.3 Å². The molecular formula is C13H13Cl2NOS. The minimum atomic E-state index is 0.495. The Morgan fingerprint density at radius 1 is 1.17 bits per heavy atom. The first-order valence-electron chi connectivity index (χ1n) is 5.55. The van der Waals surface area contributed by atoms with E-state index in [9.17, 15) is 0 Å². The summed E-state index contributed by atoms with van der Waals surface area (Å²) in [6.45, 7) is 1.04. The van der Waals surface area contributed by atoms with Gasteiger partial charge in [-0.3, -0.25) is 0 Å². The molecule has 1 aromatic carbocycles. The molecule has 0 fully saturated rings. The van der Waals surface area contributed by atoms with Crippen LogP contribution in [0.3, 0.4) is 0 Å². The number of ether oxygens (including phenoxy) is 1. The summed E-state index contributed by atoms with van der Waals surface area (Å²) in [5.41, 5.74) is 6.54. The molecule has 18 heavy (non-hydrogen) atoms. The molecule has 2 nitrogen and oxygen atoms in total. The van der Waals surface area contributed by atoms with Crippen LogP contribution in [0, 0.1) is 0 Å². The Bertz CT molecular complexity index is 527. The number of hydrogen-bond acceptors (Lipinski definition) is 3. The van der Waals surface area contributed by atoms with Crippen molar-refractivity contribution in [1.29, 1.82) is 0 Å². The average Bonchev–Trinajstić information content (AvgIpc) is 2.76. The molecular weight excluding hydrogens is 289 g/mol. The van der Waals surface area contributed by atoms with Gasteiger partial charge in [0, 0.05) is 15.5 Å². The number of benzene rings is 1. The topological polar surface area (TPSA) is 35.2 Å². The maximum atomic E-state index is 6.14. The Morgan fingerprint density at radius 2 is 2.00 bits per heavy atom. The van der Waals surface area contributed by atoms with Gasteiger partial charge in [0.05, 0.1) is 4.34 Å². The fraction of sp³-hybridized carbons (Fsp3) is 0.231. The van der Waals surface area contributed by atoms with Crippen LogP contribution in [0.1, 0.15) is 10.4 Å². The molecule has 5 heteroatoms. The minimum Gasteiger partial charge on any atom is -0.488 e. The summed E-state index contributed by atoms with van der Waals surface area (Å²) in [6, 6.07) is 9.45. The third-order valence-corrected chi connectivity index (χ3v) is 4.03. The monoisotopic (exact) mass is 301 g/mol. The van der Waals surface area contributed by atoms with E-state index in [4.69, 9.17) is 33.7 Å². The molecule has 2 rings (SSSR count). The molecule has 0 saturated heterocycles.